The topological polar surface area (TPSA) is 29.5 Å². The van der Waals surface area contributed by atoms with Gasteiger partial charge >= 0.3 is 0 Å². The number of nitrogens with zero attached hydrogens (tertiary/aromatic N) is 1. The average molecular weight is 410 g/mol. The fourth-order valence-electron chi connectivity index (χ4n) is 4.18. The largest absolute Gasteiger partial charge is 0.492 e. The summed E-state index contributed by atoms with van der Waals surface area (Å²) in [4.78, 5) is 16.4. The monoisotopic (exact) mass is 409 g/mol. The number of hydrogen-bond acceptors (Lipinski definition) is 5. The van der Waals surface area contributed by atoms with Gasteiger partial charge in [0.15, 0.2) is 5.78 Å². The molecule has 2 aromatic carbocycles. The second-order valence-electron chi connectivity index (χ2n) is 7.57. The summed E-state index contributed by atoms with van der Waals surface area (Å²) in [5.41, 5.74) is 2.28. The Hall–Kier alpha value is -1.82. The van der Waals surface area contributed by atoms with Crippen LogP contribution in [0.1, 0.15) is 34.7 Å². The molecule has 3 heterocycles. The number of carbonyl (C=O) groups excluding carboxylic acids is 1. The maximum Gasteiger partial charge on any atom is 0.164 e. The molecule has 144 valence electrons. The van der Waals surface area contributed by atoms with E-state index in [0.29, 0.717) is 12.3 Å². The van der Waals surface area contributed by atoms with Gasteiger partial charge in [0.05, 0.1) is 11.5 Å². The Morgan fingerprint density at radius 1 is 1.18 bits per heavy atom. The summed E-state index contributed by atoms with van der Waals surface area (Å²) >= 11 is 3.60. The number of thioether (sulfide) groups is 1. The van der Waals surface area contributed by atoms with E-state index < -0.39 is 0 Å². The summed E-state index contributed by atoms with van der Waals surface area (Å²) in [5.74, 6) is 2.83. The van der Waals surface area contributed by atoms with Crippen molar-refractivity contribution in [1.82, 2.24) is 4.90 Å². The molecule has 0 spiro atoms. The lowest BCUT2D eigenvalue weighted by atomic mass is 10.0. The molecular weight excluding hydrogens is 386 g/mol. The molecule has 1 aromatic heterocycles. The fraction of sp³-hybridized carbons (Fsp3) is 0.348. The minimum Gasteiger partial charge on any atom is -0.492 e. The first-order chi connectivity index (χ1) is 13.8. The molecule has 5 heteroatoms. The van der Waals surface area contributed by atoms with Gasteiger partial charge < -0.3 is 9.64 Å². The molecule has 3 aromatic rings. The molecule has 1 fully saturated rings. The fourth-order valence-corrected chi connectivity index (χ4v) is 5.78. The van der Waals surface area contributed by atoms with Crippen molar-refractivity contribution < 1.29 is 9.53 Å². The van der Waals surface area contributed by atoms with Crippen LogP contribution in [0.25, 0.3) is 10.8 Å². The number of thiophene rings is 1. The number of fused-ring (bicyclic) bond motifs is 2. The van der Waals surface area contributed by atoms with Gasteiger partial charge in [0, 0.05) is 30.8 Å². The van der Waals surface area contributed by atoms with Crippen LogP contribution in [0, 0.1) is 0 Å². The van der Waals surface area contributed by atoms with Crippen LogP contribution in [-0.4, -0.2) is 42.7 Å². The third-order valence-electron chi connectivity index (χ3n) is 5.77. The zero-order chi connectivity index (χ0) is 18.9. The van der Waals surface area contributed by atoms with Crippen molar-refractivity contribution >= 4 is 39.7 Å². The van der Waals surface area contributed by atoms with Crippen LogP contribution in [0.5, 0.6) is 5.75 Å². The molecule has 2 aliphatic heterocycles. The maximum atomic E-state index is 12.8. The Bertz CT molecular complexity index is 999. The molecule has 28 heavy (non-hydrogen) atoms. The third kappa shape index (κ3) is 3.71. The molecule has 0 radical (unpaired) electrons. The minimum atomic E-state index is 0.238. The Morgan fingerprint density at radius 3 is 3.04 bits per heavy atom. The molecule has 2 aliphatic rings. The first kappa shape index (κ1) is 18.2. The molecule has 0 aliphatic carbocycles. The zero-order valence-corrected chi connectivity index (χ0v) is 17.4. The van der Waals surface area contributed by atoms with Gasteiger partial charge in [0.1, 0.15) is 5.75 Å². The summed E-state index contributed by atoms with van der Waals surface area (Å²) in [7, 11) is 0. The van der Waals surface area contributed by atoms with Crippen LogP contribution >= 0.6 is 23.1 Å². The Labute approximate surface area is 173 Å². The van der Waals surface area contributed by atoms with E-state index in [1.54, 1.807) is 11.3 Å². The van der Waals surface area contributed by atoms with E-state index >= 15 is 0 Å². The van der Waals surface area contributed by atoms with Crippen molar-refractivity contribution in [2.45, 2.75) is 23.7 Å². The van der Waals surface area contributed by atoms with E-state index in [1.807, 2.05) is 30.0 Å². The van der Waals surface area contributed by atoms with Crippen LogP contribution in [0.2, 0.25) is 0 Å². The van der Waals surface area contributed by atoms with Crippen molar-refractivity contribution in [2.24, 2.45) is 0 Å². The summed E-state index contributed by atoms with van der Waals surface area (Å²) in [6.45, 7) is 3.79. The van der Waals surface area contributed by atoms with Crippen LogP contribution in [0.4, 0.5) is 0 Å². The van der Waals surface area contributed by atoms with E-state index in [2.05, 4.69) is 33.9 Å². The normalized spacial score (nSPS) is 19.5. The van der Waals surface area contributed by atoms with Crippen LogP contribution in [0.15, 0.2) is 52.1 Å². The summed E-state index contributed by atoms with van der Waals surface area (Å²) in [6.07, 6.45) is 1.79. The van der Waals surface area contributed by atoms with Crippen LogP contribution < -0.4 is 4.74 Å². The van der Waals surface area contributed by atoms with Crippen molar-refractivity contribution in [3.63, 3.8) is 0 Å². The second kappa shape index (κ2) is 7.90. The Kier molecular flexibility index (Phi) is 5.14. The Balaban J connectivity index is 1.24. The number of benzene rings is 2. The number of rotatable bonds is 5. The highest BCUT2D eigenvalue weighted by Gasteiger charge is 2.24. The van der Waals surface area contributed by atoms with Gasteiger partial charge in [-0.05, 0) is 70.2 Å². The predicted octanol–water partition coefficient (Wildman–Crippen LogP) is 5.45. The highest BCUT2D eigenvalue weighted by Crippen LogP contribution is 2.37. The Morgan fingerprint density at radius 2 is 2.14 bits per heavy atom. The van der Waals surface area contributed by atoms with E-state index in [0.717, 1.165) is 54.1 Å². The molecule has 3 nitrogen and oxygen atoms in total. The third-order valence-corrected chi connectivity index (χ3v) is 7.47. The van der Waals surface area contributed by atoms with Crippen LogP contribution in [-0.2, 0) is 0 Å². The van der Waals surface area contributed by atoms with Crippen molar-refractivity contribution in [3.05, 3.63) is 58.3 Å². The molecular formula is C23H23NO2S2. The first-order valence-corrected chi connectivity index (χ1v) is 11.8. The SMILES string of the molecule is O=C(CCN1CCC(c2ccsc2)C1)c1ccc2cc3c(cc2c1)SCCO3. The van der Waals surface area contributed by atoms with Gasteiger partial charge in [0.25, 0.3) is 0 Å². The van der Waals surface area contributed by atoms with Gasteiger partial charge in [-0.1, -0.05) is 12.1 Å². The van der Waals surface area contributed by atoms with Gasteiger partial charge in [-0.3, -0.25) is 4.79 Å². The van der Waals surface area contributed by atoms with Gasteiger partial charge in [-0.2, -0.15) is 11.3 Å². The number of ketones is 1. The second-order valence-corrected chi connectivity index (χ2v) is 9.49. The molecule has 5 rings (SSSR count). The highest BCUT2D eigenvalue weighted by atomic mass is 32.2. The van der Waals surface area contributed by atoms with E-state index in [4.69, 9.17) is 4.74 Å². The van der Waals surface area contributed by atoms with E-state index in [-0.39, 0.29) is 5.78 Å². The zero-order valence-electron chi connectivity index (χ0n) is 15.7. The smallest absolute Gasteiger partial charge is 0.164 e. The number of Topliss-reactive ketones (excluding diaryl/α,β-unsaturated/α-hetero) is 1. The standard InChI is InChI=1S/C23H23NO2S2/c25-21(4-7-24-6-3-18(14-24)19-5-9-27-15-19)17-2-1-16-12-22-23(13-20(16)11-17)28-10-8-26-22/h1-2,5,9,11-13,15,18H,3-4,6-8,10,14H2. The molecule has 0 N–H and O–H groups in total. The summed E-state index contributed by atoms with van der Waals surface area (Å²) in [6, 6.07) is 12.6. The van der Waals surface area contributed by atoms with E-state index in [1.165, 1.54) is 16.9 Å². The minimum absolute atomic E-state index is 0.238. The lowest BCUT2D eigenvalue weighted by Crippen LogP contribution is -2.23. The molecule has 1 unspecified atom stereocenters. The maximum absolute atomic E-state index is 12.8. The molecule has 0 amide bonds. The molecule has 0 bridgehead atoms. The van der Waals surface area contributed by atoms with Crippen molar-refractivity contribution in [3.8, 4) is 5.75 Å². The number of likely N-dealkylation sites (tertiary alicyclic amines) is 1. The predicted molar refractivity (Wildman–Crippen MR) is 117 cm³/mol. The quantitative estimate of drug-likeness (QED) is 0.524. The molecule has 1 atom stereocenters. The molecule has 1 saturated heterocycles. The highest BCUT2D eigenvalue weighted by molar-refractivity contribution is 7.99. The lowest BCUT2D eigenvalue weighted by molar-refractivity contribution is 0.0969. The summed E-state index contributed by atoms with van der Waals surface area (Å²) in [5, 5.41) is 6.68. The lowest BCUT2D eigenvalue weighted by Gasteiger charge is -2.18. The van der Waals surface area contributed by atoms with Gasteiger partial charge in [-0.25, -0.2) is 0 Å². The van der Waals surface area contributed by atoms with Gasteiger partial charge in [-0.15, -0.1) is 11.8 Å². The van der Waals surface area contributed by atoms with E-state index in [9.17, 15) is 4.79 Å². The number of ether oxygens (including phenoxy) is 1. The first-order valence-electron chi connectivity index (χ1n) is 9.87. The molecule has 0 saturated carbocycles. The number of hydrogen-bond donors (Lipinski definition) is 0. The van der Waals surface area contributed by atoms with Gasteiger partial charge in [0.2, 0.25) is 0 Å². The number of carbonyl (C=O) groups is 1. The van der Waals surface area contributed by atoms with Crippen molar-refractivity contribution in [1.29, 1.82) is 0 Å². The average Bonchev–Trinajstić information content (AvgIpc) is 3.41. The summed E-state index contributed by atoms with van der Waals surface area (Å²) < 4.78 is 5.75. The van der Waals surface area contributed by atoms with Crippen LogP contribution in [0.3, 0.4) is 0 Å². The van der Waals surface area contributed by atoms with Crippen molar-refractivity contribution in [2.75, 3.05) is 32.0 Å².